The van der Waals surface area contributed by atoms with Crippen molar-refractivity contribution in [3.63, 3.8) is 0 Å². The third-order valence-corrected chi connectivity index (χ3v) is 5.19. The monoisotopic (exact) mass is 282 g/mol. The predicted molar refractivity (Wildman–Crippen MR) is 81.8 cm³/mol. The molecule has 1 aliphatic carbocycles. The van der Waals surface area contributed by atoms with Crippen molar-refractivity contribution in [1.82, 2.24) is 9.78 Å². The highest BCUT2D eigenvalue weighted by atomic mass is 35.5. The fraction of sp³-hybridized carbons (Fsp3) is 0.812. The largest absolute Gasteiger partial charge is 0.266 e. The molecule has 2 nitrogen and oxygen atoms in total. The summed E-state index contributed by atoms with van der Waals surface area (Å²) in [6.07, 6.45) is 5.88. The summed E-state index contributed by atoms with van der Waals surface area (Å²) in [5.41, 5.74) is 3.87. The van der Waals surface area contributed by atoms with Crippen molar-refractivity contribution in [3.05, 3.63) is 17.0 Å². The van der Waals surface area contributed by atoms with Gasteiger partial charge in [-0.2, -0.15) is 5.10 Å². The van der Waals surface area contributed by atoms with Gasteiger partial charge in [-0.15, -0.1) is 11.6 Å². The molecule has 0 aromatic carbocycles. The molecule has 0 saturated heterocycles. The van der Waals surface area contributed by atoms with Crippen LogP contribution in [0.15, 0.2) is 0 Å². The molecule has 0 amide bonds. The first-order valence-electron chi connectivity index (χ1n) is 7.77. The number of aromatic nitrogens is 2. The van der Waals surface area contributed by atoms with E-state index in [1.165, 1.54) is 36.2 Å². The Kier molecular flexibility index (Phi) is 4.94. The molecule has 3 unspecified atom stereocenters. The van der Waals surface area contributed by atoms with Crippen LogP contribution in [-0.2, 0) is 18.7 Å². The van der Waals surface area contributed by atoms with Gasteiger partial charge < -0.3 is 0 Å². The van der Waals surface area contributed by atoms with Crippen molar-refractivity contribution in [3.8, 4) is 0 Å². The molecule has 1 heterocycles. The molecule has 1 saturated carbocycles. The highest BCUT2D eigenvalue weighted by Crippen LogP contribution is 2.37. The van der Waals surface area contributed by atoms with Crippen LogP contribution in [0.3, 0.4) is 0 Å². The molecule has 1 aromatic heterocycles. The van der Waals surface area contributed by atoms with Gasteiger partial charge in [-0.1, -0.05) is 27.7 Å². The molecule has 0 bridgehead atoms. The van der Waals surface area contributed by atoms with E-state index in [0.717, 1.165) is 24.7 Å². The van der Waals surface area contributed by atoms with Crippen LogP contribution < -0.4 is 0 Å². The lowest BCUT2D eigenvalue weighted by Crippen LogP contribution is -2.25. The highest BCUT2D eigenvalue weighted by molar-refractivity contribution is 6.17. The van der Waals surface area contributed by atoms with Gasteiger partial charge in [0.15, 0.2) is 0 Å². The lowest BCUT2D eigenvalue weighted by molar-refractivity contribution is 0.198. The molecule has 0 radical (unpaired) electrons. The number of halogens is 1. The molecule has 19 heavy (non-hydrogen) atoms. The maximum absolute atomic E-state index is 6.15. The molecule has 0 spiro atoms. The van der Waals surface area contributed by atoms with Crippen molar-refractivity contribution in [1.29, 1.82) is 0 Å². The second kappa shape index (κ2) is 6.30. The molecule has 108 valence electrons. The predicted octanol–water partition coefficient (Wildman–Crippen LogP) is 4.74. The Balaban J connectivity index is 2.31. The molecule has 0 N–H and O–H groups in total. The van der Waals surface area contributed by atoms with E-state index in [4.69, 9.17) is 16.7 Å². The third-order valence-electron chi connectivity index (χ3n) is 4.92. The number of hydrogen-bond donors (Lipinski definition) is 0. The minimum atomic E-state index is 0.586. The van der Waals surface area contributed by atoms with E-state index in [1.54, 1.807) is 0 Å². The highest BCUT2D eigenvalue weighted by Gasteiger charge is 2.28. The molecule has 2 rings (SSSR count). The standard InChI is InChI=1S/C16H27ClN2/c1-5-15-14(10-17)16(6-2)19(18-15)13-8-7-11(3)12(4)9-13/h11-13H,5-10H2,1-4H3. The fourth-order valence-corrected chi connectivity index (χ4v) is 3.72. The van der Waals surface area contributed by atoms with Crippen molar-refractivity contribution in [2.45, 2.75) is 71.7 Å². The van der Waals surface area contributed by atoms with E-state index in [0.29, 0.717) is 11.9 Å². The Morgan fingerprint density at radius 1 is 1.16 bits per heavy atom. The third kappa shape index (κ3) is 2.84. The van der Waals surface area contributed by atoms with Crippen LogP contribution in [0.1, 0.15) is 70.0 Å². The Bertz CT molecular complexity index is 425. The van der Waals surface area contributed by atoms with Gasteiger partial charge in [0.05, 0.1) is 17.6 Å². The summed E-state index contributed by atoms with van der Waals surface area (Å²) < 4.78 is 2.32. The van der Waals surface area contributed by atoms with E-state index in [-0.39, 0.29) is 0 Å². The second-order valence-corrected chi connectivity index (χ2v) is 6.35. The first kappa shape index (κ1) is 14.9. The molecule has 1 fully saturated rings. The number of aryl methyl sites for hydroxylation is 1. The van der Waals surface area contributed by atoms with Gasteiger partial charge in [0.1, 0.15) is 0 Å². The van der Waals surface area contributed by atoms with Gasteiger partial charge in [0.2, 0.25) is 0 Å². The minimum absolute atomic E-state index is 0.586. The zero-order valence-corrected chi connectivity index (χ0v) is 13.5. The minimum Gasteiger partial charge on any atom is -0.266 e. The lowest BCUT2D eigenvalue weighted by atomic mass is 9.79. The number of hydrogen-bond acceptors (Lipinski definition) is 1. The first-order valence-corrected chi connectivity index (χ1v) is 8.30. The van der Waals surface area contributed by atoms with E-state index in [2.05, 4.69) is 32.4 Å². The van der Waals surface area contributed by atoms with Gasteiger partial charge in [-0.3, -0.25) is 4.68 Å². The van der Waals surface area contributed by atoms with Crippen molar-refractivity contribution < 1.29 is 0 Å². The van der Waals surface area contributed by atoms with E-state index in [9.17, 15) is 0 Å². The van der Waals surface area contributed by atoms with Crippen molar-refractivity contribution in [2.75, 3.05) is 0 Å². The Morgan fingerprint density at radius 2 is 1.89 bits per heavy atom. The smallest absolute Gasteiger partial charge is 0.0669 e. The zero-order valence-electron chi connectivity index (χ0n) is 12.7. The summed E-state index contributed by atoms with van der Waals surface area (Å²) in [5.74, 6) is 2.26. The van der Waals surface area contributed by atoms with E-state index in [1.807, 2.05) is 0 Å². The lowest BCUT2D eigenvalue weighted by Gasteiger charge is -2.33. The number of rotatable bonds is 4. The van der Waals surface area contributed by atoms with E-state index < -0.39 is 0 Å². The van der Waals surface area contributed by atoms with Gasteiger partial charge >= 0.3 is 0 Å². The average Bonchev–Trinajstić information content (AvgIpc) is 2.79. The average molecular weight is 283 g/mol. The van der Waals surface area contributed by atoms with Crippen LogP contribution >= 0.6 is 11.6 Å². The normalized spacial score (nSPS) is 27.7. The van der Waals surface area contributed by atoms with Crippen LogP contribution in [0.2, 0.25) is 0 Å². The molecular weight excluding hydrogens is 256 g/mol. The maximum atomic E-state index is 6.15. The van der Waals surface area contributed by atoms with Crippen molar-refractivity contribution in [2.24, 2.45) is 11.8 Å². The van der Waals surface area contributed by atoms with Gasteiger partial charge in [-0.05, 0) is 43.9 Å². The first-order chi connectivity index (χ1) is 9.12. The van der Waals surface area contributed by atoms with E-state index >= 15 is 0 Å². The molecule has 3 atom stereocenters. The molecule has 0 aliphatic heterocycles. The summed E-state index contributed by atoms with van der Waals surface area (Å²) in [5, 5.41) is 4.89. The second-order valence-electron chi connectivity index (χ2n) is 6.08. The Morgan fingerprint density at radius 3 is 2.42 bits per heavy atom. The molecular formula is C16H27ClN2. The topological polar surface area (TPSA) is 17.8 Å². The van der Waals surface area contributed by atoms with Crippen LogP contribution in [0.5, 0.6) is 0 Å². The summed E-state index contributed by atoms with van der Waals surface area (Å²) >= 11 is 6.15. The van der Waals surface area contributed by atoms with Gasteiger partial charge in [-0.25, -0.2) is 0 Å². The quantitative estimate of drug-likeness (QED) is 0.729. The summed E-state index contributed by atoms with van der Waals surface area (Å²) in [6, 6.07) is 0.586. The molecule has 3 heteroatoms. The van der Waals surface area contributed by atoms with Crippen LogP contribution in [0.4, 0.5) is 0 Å². The molecule has 1 aliphatic rings. The number of alkyl halides is 1. The Hall–Kier alpha value is -0.500. The Labute approximate surface area is 122 Å². The summed E-state index contributed by atoms with van der Waals surface area (Å²) in [7, 11) is 0. The fourth-order valence-electron chi connectivity index (χ4n) is 3.41. The summed E-state index contributed by atoms with van der Waals surface area (Å²) in [4.78, 5) is 0. The SMILES string of the molecule is CCc1nn(C2CCC(C)C(C)C2)c(CC)c1CCl. The number of nitrogens with zero attached hydrogens (tertiary/aromatic N) is 2. The van der Waals surface area contributed by atoms with Crippen LogP contribution in [-0.4, -0.2) is 9.78 Å². The zero-order chi connectivity index (χ0) is 14.0. The summed E-state index contributed by atoms with van der Waals surface area (Å²) in [6.45, 7) is 9.16. The van der Waals surface area contributed by atoms with Crippen LogP contribution in [0, 0.1) is 11.8 Å². The van der Waals surface area contributed by atoms with Gasteiger partial charge in [0, 0.05) is 11.3 Å². The maximum Gasteiger partial charge on any atom is 0.0669 e. The van der Waals surface area contributed by atoms with Crippen LogP contribution in [0.25, 0.3) is 0 Å². The molecule has 1 aromatic rings. The van der Waals surface area contributed by atoms with Gasteiger partial charge in [0.25, 0.3) is 0 Å². The van der Waals surface area contributed by atoms with Crippen molar-refractivity contribution >= 4 is 11.6 Å².